The van der Waals surface area contributed by atoms with E-state index in [9.17, 15) is 0 Å². The molecule has 2 N–H and O–H groups in total. The van der Waals surface area contributed by atoms with E-state index in [1.165, 1.54) is 0 Å². The molecule has 80 valence electrons. The van der Waals surface area contributed by atoms with E-state index in [0.717, 1.165) is 0 Å². The summed E-state index contributed by atoms with van der Waals surface area (Å²) >= 11 is 0. The van der Waals surface area contributed by atoms with Crippen molar-refractivity contribution in [2.45, 2.75) is 0 Å². The predicted molar refractivity (Wildman–Crippen MR) is 52.1 cm³/mol. The summed E-state index contributed by atoms with van der Waals surface area (Å²) < 4.78 is 0. The van der Waals surface area contributed by atoms with E-state index in [1.807, 2.05) is 36.7 Å². The van der Waals surface area contributed by atoms with Crippen molar-refractivity contribution in [3.63, 3.8) is 0 Å². The van der Waals surface area contributed by atoms with Gasteiger partial charge in [0.15, 0.2) is 0 Å². The van der Waals surface area contributed by atoms with Crippen LogP contribution in [0.2, 0.25) is 0 Å². The van der Waals surface area contributed by atoms with Gasteiger partial charge < -0.3 is 24.8 Å². The second kappa shape index (κ2) is 18.6. The molecule has 2 heterocycles. The summed E-state index contributed by atoms with van der Waals surface area (Å²) in [5.41, 5.74) is 0. The summed E-state index contributed by atoms with van der Waals surface area (Å²) in [7, 11) is 0. The molecule has 0 bridgehead atoms. The van der Waals surface area contributed by atoms with Crippen LogP contribution in [0.25, 0.3) is 0 Å². The second-order valence-electron chi connectivity index (χ2n) is 1.63. The number of rotatable bonds is 0. The standard InChI is InChI=1S/2C4H4N.2CH3.2Ru/c2*1-2-4-5-3-1;;;;/h2*1-3,5H;2*1H3;;/q4*-1;;+4. The van der Waals surface area contributed by atoms with E-state index >= 15 is 0 Å². The van der Waals surface area contributed by atoms with Gasteiger partial charge in [0.05, 0.1) is 0 Å². The first kappa shape index (κ1) is 23.5. The Morgan fingerprint density at radius 2 is 1.14 bits per heavy atom. The van der Waals surface area contributed by atoms with Crippen LogP contribution in [0.3, 0.4) is 0 Å². The van der Waals surface area contributed by atoms with Crippen molar-refractivity contribution in [1.82, 2.24) is 9.97 Å². The number of aromatic amines is 2. The van der Waals surface area contributed by atoms with Crippen LogP contribution in [-0.4, -0.2) is 9.97 Å². The van der Waals surface area contributed by atoms with Crippen LogP contribution in [0.15, 0.2) is 36.7 Å². The molecule has 2 rings (SSSR count). The summed E-state index contributed by atoms with van der Waals surface area (Å²) in [5.74, 6) is 0. The third-order valence-corrected chi connectivity index (χ3v) is 0.885. The van der Waals surface area contributed by atoms with Crippen molar-refractivity contribution < 1.29 is 39.0 Å². The third kappa shape index (κ3) is 14.3. The zero-order valence-electron chi connectivity index (χ0n) is 8.17. The topological polar surface area (TPSA) is 31.6 Å². The third-order valence-electron chi connectivity index (χ3n) is 0.885. The SMILES string of the molecule is [CH3-].[CH3-].[Ru+4].[Ru].[c-]1ccc[nH]1.[c-]1ccc[nH]1. The van der Waals surface area contributed by atoms with Gasteiger partial charge in [0, 0.05) is 19.5 Å². The molecule has 0 atom stereocenters. The van der Waals surface area contributed by atoms with Gasteiger partial charge in [-0.05, 0) is 0 Å². The Morgan fingerprint density at radius 1 is 0.786 bits per heavy atom. The monoisotopic (exact) mass is 366 g/mol. The number of aromatic nitrogens is 2. The van der Waals surface area contributed by atoms with Gasteiger partial charge in [0.25, 0.3) is 0 Å². The molecule has 2 aromatic rings. The van der Waals surface area contributed by atoms with Gasteiger partial charge in [0.2, 0.25) is 0 Å². The summed E-state index contributed by atoms with van der Waals surface area (Å²) in [4.78, 5) is 5.47. The molecule has 2 aromatic heterocycles. The number of H-pyrrole nitrogens is 2. The molecule has 0 aliphatic rings. The molecule has 0 amide bonds. The van der Waals surface area contributed by atoms with Gasteiger partial charge in [-0.1, -0.05) is 0 Å². The van der Waals surface area contributed by atoms with E-state index in [4.69, 9.17) is 0 Å². The minimum absolute atomic E-state index is 0. The number of nitrogens with one attached hydrogen (secondary N) is 2. The zero-order chi connectivity index (χ0) is 7.07. The van der Waals surface area contributed by atoms with Crippen LogP contribution >= 0.6 is 0 Å². The number of hydrogen-bond acceptors (Lipinski definition) is 0. The molecule has 0 aromatic carbocycles. The summed E-state index contributed by atoms with van der Waals surface area (Å²) in [6, 6.07) is 7.42. The first-order valence-corrected chi connectivity index (χ1v) is 2.99. The minimum atomic E-state index is 0. The maximum Gasteiger partial charge on any atom is 4.00 e. The zero-order valence-corrected chi connectivity index (χ0v) is 11.6. The van der Waals surface area contributed by atoms with Gasteiger partial charge in [-0.3, -0.25) is 0 Å². The molecule has 0 aliphatic heterocycles. The van der Waals surface area contributed by atoms with E-state index in [1.54, 1.807) is 0 Å². The van der Waals surface area contributed by atoms with E-state index < -0.39 is 0 Å². The quantitative estimate of drug-likeness (QED) is 0.532. The minimum Gasteiger partial charge on any atom is -0.484 e. The van der Waals surface area contributed by atoms with Crippen molar-refractivity contribution in [3.05, 3.63) is 63.9 Å². The molecular formula is C10H14N2Ru2. The van der Waals surface area contributed by atoms with Gasteiger partial charge in [-0.2, -0.15) is 36.7 Å². The van der Waals surface area contributed by atoms with E-state index in [-0.39, 0.29) is 53.8 Å². The van der Waals surface area contributed by atoms with Crippen molar-refractivity contribution >= 4 is 0 Å². The van der Waals surface area contributed by atoms with Gasteiger partial charge >= 0.3 is 19.5 Å². The largest absolute Gasteiger partial charge is 4.00 e. The average molecular weight is 364 g/mol. The fourth-order valence-electron chi connectivity index (χ4n) is 0.481. The number of hydrogen-bond donors (Lipinski definition) is 2. The van der Waals surface area contributed by atoms with Crippen molar-refractivity contribution in [1.29, 1.82) is 0 Å². The molecule has 4 heteroatoms. The Hall–Kier alpha value is -0.193. The van der Waals surface area contributed by atoms with Crippen LogP contribution in [0.1, 0.15) is 0 Å². The van der Waals surface area contributed by atoms with Crippen LogP contribution in [0.5, 0.6) is 0 Å². The Morgan fingerprint density at radius 3 is 1.21 bits per heavy atom. The fraction of sp³-hybridized carbons (Fsp3) is 0. The Bertz CT molecular complexity index is 155. The first-order valence-electron chi connectivity index (χ1n) is 2.99. The summed E-state index contributed by atoms with van der Waals surface area (Å²) in [6.45, 7) is 0. The molecule has 0 aliphatic carbocycles. The Kier molecular flexibility index (Phi) is 31.2. The van der Waals surface area contributed by atoms with Crippen LogP contribution in [-0.2, 0) is 39.0 Å². The van der Waals surface area contributed by atoms with Gasteiger partial charge in [-0.25, -0.2) is 0 Å². The summed E-state index contributed by atoms with van der Waals surface area (Å²) in [5, 5.41) is 0. The molecule has 0 fully saturated rings. The molecule has 0 saturated carbocycles. The molecule has 0 radical (unpaired) electrons. The maximum atomic E-state index is 2.74. The maximum absolute atomic E-state index is 2.74. The summed E-state index contributed by atoms with van der Waals surface area (Å²) in [6.07, 6.45) is 9.11. The molecule has 0 unspecified atom stereocenters. The van der Waals surface area contributed by atoms with Gasteiger partial charge in [0.1, 0.15) is 0 Å². The van der Waals surface area contributed by atoms with Crippen molar-refractivity contribution in [2.75, 3.05) is 0 Å². The van der Waals surface area contributed by atoms with Crippen molar-refractivity contribution in [3.8, 4) is 0 Å². The molecular weight excluding hydrogens is 350 g/mol. The normalized spacial score (nSPS) is 5.71. The molecule has 14 heavy (non-hydrogen) atoms. The van der Waals surface area contributed by atoms with Crippen LogP contribution in [0.4, 0.5) is 0 Å². The molecule has 2 nitrogen and oxygen atoms in total. The molecule has 0 saturated heterocycles. The van der Waals surface area contributed by atoms with Crippen LogP contribution < -0.4 is 0 Å². The predicted octanol–water partition coefficient (Wildman–Crippen LogP) is 2.53. The Labute approximate surface area is 112 Å². The first-order chi connectivity index (χ1) is 5.00. The van der Waals surface area contributed by atoms with Gasteiger partial charge in [-0.15, -0.1) is 12.4 Å². The van der Waals surface area contributed by atoms with E-state index in [0.29, 0.717) is 0 Å². The average Bonchev–Trinajstić information content (AvgIpc) is 2.67. The van der Waals surface area contributed by atoms with Crippen molar-refractivity contribution in [2.24, 2.45) is 0 Å². The second-order valence-corrected chi connectivity index (χ2v) is 1.63. The Balaban J connectivity index is -0.0000000556. The van der Waals surface area contributed by atoms with Crippen LogP contribution in [0, 0.1) is 27.2 Å². The van der Waals surface area contributed by atoms with E-state index in [2.05, 4.69) is 22.4 Å². The smallest absolute Gasteiger partial charge is 0.484 e. The fourth-order valence-corrected chi connectivity index (χ4v) is 0.481. The molecule has 0 spiro atoms.